The van der Waals surface area contributed by atoms with E-state index in [4.69, 9.17) is 0 Å². The van der Waals surface area contributed by atoms with Crippen molar-refractivity contribution in [1.82, 2.24) is 30.4 Å². The average Bonchev–Trinajstić information content (AvgIpc) is 3.51. The number of aldehydes is 1. The second-order valence-corrected chi connectivity index (χ2v) is 10.2. The number of thiazole rings is 1. The topological polar surface area (TPSA) is 128 Å². The van der Waals surface area contributed by atoms with Gasteiger partial charge in [0.15, 0.2) is 5.01 Å². The lowest BCUT2D eigenvalue weighted by molar-refractivity contribution is -0.131. The van der Waals surface area contributed by atoms with E-state index in [1.165, 1.54) is 16.2 Å². The number of H-pyrrole nitrogens is 1. The number of likely N-dealkylation sites (N-methyl/N-ethyl adjacent to an activating group) is 1. The van der Waals surface area contributed by atoms with Crippen LogP contribution in [-0.4, -0.2) is 82.5 Å². The molecule has 0 saturated carbocycles. The maximum absolute atomic E-state index is 13.0. The molecule has 182 valence electrons. The van der Waals surface area contributed by atoms with E-state index in [1.807, 2.05) is 32.2 Å². The summed E-state index contributed by atoms with van der Waals surface area (Å²) in [5, 5.41) is 6.85. The lowest BCUT2D eigenvalue weighted by atomic mass is 10.1. The molecule has 3 N–H and O–H groups in total. The number of fused-ring (bicyclic) bond motifs is 2. The highest BCUT2D eigenvalue weighted by atomic mass is 32.1. The third kappa shape index (κ3) is 4.56. The zero-order valence-electron chi connectivity index (χ0n) is 19.5. The van der Waals surface area contributed by atoms with Crippen molar-refractivity contribution in [3.05, 3.63) is 51.1 Å². The summed E-state index contributed by atoms with van der Waals surface area (Å²) >= 11 is 1.35. The lowest BCUT2D eigenvalue weighted by Gasteiger charge is -2.20. The fourth-order valence-electron chi connectivity index (χ4n) is 4.59. The highest BCUT2D eigenvalue weighted by Gasteiger charge is 2.42. The van der Waals surface area contributed by atoms with Gasteiger partial charge in [-0.2, -0.15) is 0 Å². The van der Waals surface area contributed by atoms with Gasteiger partial charge in [-0.3, -0.25) is 14.4 Å². The van der Waals surface area contributed by atoms with Crippen LogP contribution in [-0.2, 0) is 22.6 Å². The van der Waals surface area contributed by atoms with Gasteiger partial charge in [-0.05, 0) is 32.2 Å². The molecule has 0 bridgehead atoms. The van der Waals surface area contributed by atoms with Crippen LogP contribution < -0.4 is 10.6 Å². The molecule has 2 aliphatic heterocycles. The molecule has 3 amide bonds. The van der Waals surface area contributed by atoms with Crippen molar-refractivity contribution in [2.45, 2.75) is 32.0 Å². The Morgan fingerprint density at radius 1 is 1.26 bits per heavy atom. The number of aryl methyl sites for hydroxylation is 1. The van der Waals surface area contributed by atoms with E-state index in [0.29, 0.717) is 17.0 Å². The predicted octanol–water partition coefficient (Wildman–Crippen LogP) is 0.859. The number of nitrogens with zero attached hydrogens (tertiary/aromatic N) is 3. The second-order valence-electron chi connectivity index (χ2n) is 9.09. The number of carbonyl (C=O) groups excluding carboxylic acids is 4. The van der Waals surface area contributed by atoms with Crippen LogP contribution in [0.25, 0.3) is 10.9 Å². The number of aromatic nitrogens is 2. The van der Waals surface area contributed by atoms with Crippen LogP contribution in [0.2, 0.25) is 0 Å². The van der Waals surface area contributed by atoms with Gasteiger partial charge in [0, 0.05) is 41.8 Å². The predicted molar refractivity (Wildman–Crippen MR) is 130 cm³/mol. The standard InChI is InChI=1S/C24H26N6O4S/c1-13-3-4-15-14(9-13)10-17(25-15)21(32)28-20-18(11-30(7-8-31)24(20)34)26-22(33)23-27-16-5-6-29(2)12-19(16)35-23/h3-4,8-10,18,20,25H,5-7,11-12H2,1-2H3,(H,26,33)(H,28,32)/t18-,20+/m1/s1. The van der Waals surface area contributed by atoms with E-state index in [-0.39, 0.29) is 13.1 Å². The largest absolute Gasteiger partial charge is 0.351 e. The Labute approximate surface area is 205 Å². The number of nitrogens with one attached hydrogen (secondary N) is 3. The molecule has 35 heavy (non-hydrogen) atoms. The number of hydrogen-bond acceptors (Lipinski definition) is 7. The molecule has 1 aromatic carbocycles. The zero-order valence-corrected chi connectivity index (χ0v) is 20.3. The maximum Gasteiger partial charge on any atom is 0.280 e. The number of benzene rings is 1. The summed E-state index contributed by atoms with van der Waals surface area (Å²) in [6.07, 6.45) is 1.42. The van der Waals surface area contributed by atoms with E-state index < -0.39 is 29.8 Å². The van der Waals surface area contributed by atoms with Crippen molar-refractivity contribution >= 4 is 46.2 Å². The summed E-state index contributed by atoms with van der Waals surface area (Å²) in [6, 6.07) is 5.82. The molecular weight excluding hydrogens is 468 g/mol. The molecule has 0 spiro atoms. The van der Waals surface area contributed by atoms with Crippen molar-refractivity contribution in [2.75, 3.05) is 26.7 Å². The van der Waals surface area contributed by atoms with E-state index in [9.17, 15) is 19.2 Å². The van der Waals surface area contributed by atoms with Crippen molar-refractivity contribution in [1.29, 1.82) is 0 Å². The first-order valence-corrected chi connectivity index (χ1v) is 12.2. The molecule has 2 atom stereocenters. The molecule has 0 unspecified atom stereocenters. The van der Waals surface area contributed by atoms with Gasteiger partial charge >= 0.3 is 0 Å². The minimum atomic E-state index is -1.000. The monoisotopic (exact) mass is 494 g/mol. The van der Waals surface area contributed by atoms with Crippen LogP contribution in [0.15, 0.2) is 24.3 Å². The van der Waals surface area contributed by atoms with Crippen LogP contribution >= 0.6 is 11.3 Å². The Morgan fingerprint density at radius 2 is 2.09 bits per heavy atom. The molecule has 5 rings (SSSR count). The van der Waals surface area contributed by atoms with E-state index in [0.717, 1.165) is 46.5 Å². The molecular formula is C24H26N6O4S. The third-order valence-corrected chi connectivity index (χ3v) is 7.51. The van der Waals surface area contributed by atoms with Crippen molar-refractivity contribution in [2.24, 2.45) is 0 Å². The minimum Gasteiger partial charge on any atom is -0.351 e. The van der Waals surface area contributed by atoms with Crippen LogP contribution in [0.5, 0.6) is 0 Å². The van der Waals surface area contributed by atoms with Crippen molar-refractivity contribution in [3.63, 3.8) is 0 Å². The first-order chi connectivity index (χ1) is 16.8. The molecule has 1 saturated heterocycles. The summed E-state index contributed by atoms with van der Waals surface area (Å²) in [4.78, 5) is 62.2. The van der Waals surface area contributed by atoms with Crippen molar-refractivity contribution in [3.8, 4) is 0 Å². The SMILES string of the molecule is Cc1ccc2[nH]c(C(=O)N[C@@H]3C(=O)N(CC=O)C[C@H]3NC(=O)c3nc4c(s3)CN(C)CC4)cc2c1. The highest BCUT2D eigenvalue weighted by Crippen LogP contribution is 2.25. The second kappa shape index (κ2) is 9.23. The molecule has 0 radical (unpaired) electrons. The molecule has 10 nitrogen and oxygen atoms in total. The Bertz CT molecular complexity index is 1330. The Morgan fingerprint density at radius 3 is 2.89 bits per heavy atom. The molecule has 3 aromatic rings. The smallest absolute Gasteiger partial charge is 0.280 e. The number of likely N-dealkylation sites (tertiary alicyclic amines) is 1. The van der Waals surface area contributed by atoms with Gasteiger partial charge in [-0.1, -0.05) is 11.6 Å². The number of aromatic amines is 1. The Kier molecular flexibility index (Phi) is 6.12. The number of carbonyl (C=O) groups is 4. The summed E-state index contributed by atoms with van der Waals surface area (Å²) in [6.45, 7) is 3.61. The minimum absolute atomic E-state index is 0.110. The molecule has 4 heterocycles. The number of amides is 3. The zero-order chi connectivity index (χ0) is 24.7. The molecule has 1 fully saturated rings. The lowest BCUT2D eigenvalue weighted by Crippen LogP contribution is -2.52. The fraction of sp³-hybridized carbons (Fsp3) is 0.375. The summed E-state index contributed by atoms with van der Waals surface area (Å²) < 4.78 is 0. The van der Waals surface area contributed by atoms with Gasteiger partial charge in [0.2, 0.25) is 5.91 Å². The van der Waals surface area contributed by atoms with Gasteiger partial charge in [0.05, 0.1) is 18.3 Å². The number of hydrogen-bond donors (Lipinski definition) is 3. The van der Waals surface area contributed by atoms with Crippen LogP contribution in [0.1, 0.15) is 36.4 Å². The fourth-order valence-corrected chi connectivity index (χ4v) is 5.68. The first kappa shape index (κ1) is 23.2. The Balaban J connectivity index is 1.34. The van der Waals surface area contributed by atoms with Crippen LogP contribution in [0.3, 0.4) is 0 Å². The van der Waals surface area contributed by atoms with Gasteiger partial charge in [0.25, 0.3) is 11.8 Å². The van der Waals surface area contributed by atoms with Crippen LogP contribution in [0.4, 0.5) is 0 Å². The van der Waals surface area contributed by atoms with Gasteiger partial charge in [-0.15, -0.1) is 11.3 Å². The van der Waals surface area contributed by atoms with Crippen LogP contribution in [0, 0.1) is 6.92 Å². The van der Waals surface area contributed by atoms with Crippen molar-refractivity contribution < 1.29 is 19.2 Å². The molecule has 2 aromatic heterocycles. The van der Waals surface area contributed by atoms with Gasteiger partial charge in [-0.25, -0.2) is 4.98 Å². The van der Waals surface area contributed by atoms with E-state index in [2.05, 4.69) is 25.5 Å². The van der Waals surface area contributed by atoms with Gasteiger partial charge < -0.3 is 30.2 Å². The highest BCUT2D eigenvalue weighted by molar-refractivity contribution is 7.13. The normalized spacial score (nSPS) is 20.2. The molecule has 11 heteroatoms. The average molecular weight is 495 g/mol. The van der Waals surface area contributed by atoms with Gasteiger partial charge in [0.1, 0.15) is 18.0 Å². The van der Waals surface area contributed by atoms with E-state index >= 15 is 0 Å². The summed E-state index contributed by atoms with van der Waals surface area (Å²) in [5.74, 6) is -1.27. The summed E-state index contributed by atoms with van der Waals surface area (Å²) in [5.41, 5.74) is 3.12. The van der Waals surface area contributed by atoms with E-state index in [1.54, 1.807) is 6.07 Å². The molecule has 2 aliphatic rings. The Hall–Kier alpha value is -3.57. The quantitative estimate of drug-likeness (QED) is 0.436. The summed E-state index contributed by atoms with van der Waals surface area (Å²) in [7, 11) is 2.02. The molecule has 0 aliphatic carbocycles. The maximum atomic E-state index is 13.0. The third-order valence-electron chi connectivity index (χ3n) is 6.43. The number of rotatable bonds is 6. The first-order valence-electron chi connectivity index (χ1n) is 11.4.